The summed E-state index contributed by atoms with van der Waals surface area (Å²) in [5.74, 6) is 0.877. The first-order valence-corrected chi connectivity index (χ1v) is 8.38. The molecule has 1 aliphatic heterocycles. The fourth-order valence-corrected chi connectivity index (χ4v) is 2.75. The van der Waals surface area contributed by atoms with Crippen molar-refractivity contribution >= 4 is 28.7 Å². The second-order valence-electron chi connectivity index (χ2n) is 6.51. The average Bonchev–Trinajstić information content (AvgIpc) is 2.55. The van der Waals surface area contributed by atoms with Gasteiger partial charge in [-0.1, -0.05) is 17.7 Å². The third-order valence-corrected chi connectivity index (χ3v) is 3.94. The minimum atomic E-state index is -0.472. The predicted molar refractivity (Wildman–Crippen MR) is 104 cm³/mol. The van der Waals surface area contributed by atoms with Crippen molar-refractivity contribution < 1.29 is 9.84 Å². The van der Waals surface area contributed by atoms with E-state index in [0.717, 1.165) is 16.9 Å². The number of fused-ring (bicyclic) bond motifs is 1. The Hall–Kier alpha value is -2.73. The van der Waals surface area contributed by atoms with Crippen molar-refractivity contribution in [1.29, 1.82) is 0 Å². The quantitative estimate of drug-likeness (QED) is 0.497. The number of anilines is 1. The van der Waals surface area contributed by atoms with Gasteiger partial charge < -0.3 is 15.2 Å². The number of phenols is 1. The van der Waals surface area contributed by atoms with E-state index in [-0.39, 0.29) is 5.75 Å². The summed E-state index contributed by atoms with van der Waals surface area (Å²) >= 11 is 5.33. The Morgan fingerprint density at radius 3 is 2.56 bits per heavy atom. The highest BCUT2D eigenvalue weighted by Crippen LogP contribution is 2.36. The van der Waals surface area contributed by atoms with E-state index in [1.165, 1.54) is 5.56 Å². The van der Waals surface area contributed by atoms with E-state index in [1.54, 1.807) is 18.2 Å². The van der Waals surface area contributed by atoms with Gasteiger partial charge in [0.1, 0.15) is 17.1 Å². The van der Waals surface area contributed by atoms with Crippen LogP contribution in [0.1, 0.15) is 25.0 Å². The standard InChI is InChI=1S/C19H21N3O2S/c1-12-4-6-13(7-5-12)20-18(25)22-21-16-11-19(2,3)24-17-9-8-14(23)10-15(16)17/h4-11,21,23H,1-3H3,(H2,20,22,25). The number of hydrogen-bond acceptors (Lipinski definition) is 4. The molecule has 0 spiro atoms. The van der Waals surface area contributed by atoms with Gasteiger partial charge in [0.05, 0.1) is 5.70 Å². The first-order valence-electron chi connectivity index (χ1n) is 7.97. The molecule has 6 heteroatoms. The molecule has 0 saturated carbocycles. The van der Waals surface area contributed by atoms with Crippen molar-refractivity contribution in [2.45, 2.75) is 26.4 Å². The van der Waals surface area contributed by atoms with Crippen LogP contribution in [0.2, 0.25) is 0 Å². The number of thiocarbonyl (C=S) groups is 1. The van der Waals surface area contributed by atoms with E-state index in [1.807, 2.05) is 51.1 Å². The highest BCUT2D eigenvalue weighted by molar-refractivity contribution is 7.80. The van der Waals surface area contributed by atoms with Gasteiger partial charge in [0.2, 0.25) is 0 Å². The third-order valence-electron chi connectivity index (χ3n) is 3.74. The Morgan fingerprint density at radius 1 is 1.12 bits per heavy atom. The zero-order valence-corrected chi connectivity index (χ0v) is 15.2. The summed E-state index contributed by atoms with van der Waals surface area (Å²) in [6.07, 6.45) is 1.94. The maximum absolute atomic E-state index is 9.76. The molecule has 0 fully saturated rings. The molecule has 0 radical (unpaired) electrons. The van der Waals surface area contributed by atoms with Crippen molar-refractivity contribution in [3.63, 3.8) is 0 Å². The van der Waals surface area contributed by atoms with Gasteiger partial charge in [0.25, 0.3) is 0 Å². The number of rotatable bonds is 3. The molecule has 130 valence electrons. The Morgan fingerprint density at radius 2 is 1.84 bits per heavy atom. The topological polar surface area (TPSA) is 65.5 Å². The van der Waals surface area contributed by atoms with Gasteiger partial charge in [-0.15, -0.1) is 0 Å². The SMILES string of the molecule is Cc1ccc(NC(=S)NNC2=CC(C)(C)Oc3ccc(O)cc32)cc1. The zero-order chi connectivity index (χ0) is 18.0. The molecular formula is C19H21N3O2S. The third kappa shape index (κ3) is 4.22. The summed E-state index contributed by atoms with van der Waals surface area (Å²) in [6, 6.07) is 13.0. The van der Waals surface area contributed by atoms with Crippen LogP contribution in [0.15, 0.2) is 48.5 Å². The first-order chi connectivity index (χ1) is 11.8. The lowest BCUT2D eigenvalue weighted by atomic mass is 9.99. The van der Waals surface area contributed by atoms with Crippen molar-refractivity contribution in [1.82, 2.24) is 10.9 Å². The van der Waals surface area contributed by atoms with Gasteiger partial charge in [0, 0.05) is 11.3 Å². The van der Waals surface area contributed by atoms with Gasteiger partial charge in [-0.25, -0.2) is 0 Å². The molecule has 0 atom stereocenters. The maximum atomic E-state index is 9.76. The molecule has 0 aliphatic carbocycles. The van der Waals surface area contributed by atoms with Crippen LogP contribution in [0.4, 0.5) is 5.69 Å². The first kappa shape index (κ1) is 17.1. The normalized spacial score (nSPS) is 14.6. The predicted octanol–water partition coefficient (Wildman–Crippen LogP) is 3.70. The average molecular weight is 355 g/mol. The molecule has 25 heavy (non-hydrogen) atoms. The second-order valence-corrected chi connectivity index (χ2v) is 6.92. The van der Waals surface area contributed by atoms with E-state index in [9.17, 15) is 5.11 Å². The lowest BCUT2D eigenvalue weighted by Crippen LogP contribution is -2.41. The van der Waals surface area contributed by atoms with Crippen LogP contribution in [-0.2, 0) is 0 Å². The van der Waals surface area contributed by atoms with E-state index >= 15 is 0 Å². The van der Waals surface area contributed by atoms with E-state index in [0.29, 0.717) is 10.9 Å². The van der Waals surface area contributed by atoms with Crippen LogP contribution in [-0.4, -0.2) is 15.8 Å². The number of ether oxygens (including phenoxy) is 1. The Bertz CT molecular complexity index is 829. The van der Waals surface area contributed by atoms with Crippen LogP contribution in [0.3, 0.4) is 0 Å². The fraction of sp³-hybridized carbons (Fsp3) is 0.211. The molecule has 0 amide bonds. The molecule has 1 heterocycles. The summed E-state index contributed by atoms with van der Waals surface area (Å²) in [4.78, 5) is 0. The molecule has 0 bridgehead atoms. The Balaban J connectivity index is 1.71. The number of nitrogens with one attached hydrogen (secondary N) is 3. The van der Waals surface area contributed by atoms with Crippen LogP contribution in [0.5, 0.6) is 11.5 Å². The van der Waals surface area contributed by atoms with Crippen molar-refractivity contribution in [3.8, 4) is 11.5 Å². The number of hydrazine groups is 1. The fourth-order valence-electron chi connectivity index (χ4n) is 2.58. The van der Waals surface area contributed by atoms with Gasteiger partial charge in [-0.2, -0.15) is 0 Å². The summed E-state index contributed by atoms with van der Waals surface area (Å²) in [6.45, 7) is 5.97. The van der Waals surface area contributed by atoms with Crippen LogP contribution in [0, 0.1) is 6.92 Å². The minimum absolute atomic E-state index is 0.176. The molecule has 5 nitrogen and oxygen atoms in total. The molecule has 3 rings (SSSR count). The monoisotopic (exact) mass is 355 g/mol. The number of aryl methyl sites for hydroxylation is 1. The van der Waals surface area contributed by atoms with Crippen molar-refractivity contribution in [2.24, 2.45) is 0 Å². The number of phenolic OH excluding ortho intramolecular Hbond substituents is 1. The van der Waals surface area contributed by atoms with Gasteiger partial charge in [-0.05, 0) is 69.4 Å². The van der Waals surface area contributed by atoms with Crippen LogP contribution < -0.4 is 20.9 Å². The zero-order valence-electron chi connectivity index (χ0n) is 14.4. The lowest BCUT2D eigenvalue weighted by molar-refractivity contribution is 0.157. The number of benzene rings is 2. The molecular weight excluding hydrogens is 334 g/mol. The number of aromatic hydroxyl groups is 1. The molecule has 1 aliphatic rings. The Kier molecular flexibility index (Phi) is 4.55. The largest absolute Gasteiger partial charge is 0.508 e. The minimum Gasteiger partial charge on any atom is -0.508 e. The molecule has 2 aromatic rings. The molecule has 0 unspecified atom stereocenters. The smallest absolute Gasteiger partial charge is 0.189 e. The summed E-state index contributed by atoms with van der Waals surface area (Å²) in [7, 11) is 0. The summed E-state index contributed by atoms with van der Waals surface area (Å²) < 4.78 is 5.91. The molecule has 0 saturated heterocycles. The van der Waals surface area contributed by atoms with Crippen LogP contribution >= 0.6 is 12.2 Å². The molecule has 2 aromatic carbocycles. The maximum Gasteiger partial charge on any atom is 0.189 e. The van der Waals surface area contributed by atoms with Crippen molar-refractivity contribution in [3.05, 3.63) is 59.7 Å². The highest BCUT2D eigenvalue weighted by atomic mass is 32.1. The van der Waals surface area contributed by atoms with Crippen molar-refractivity contribution in [2.75, 3.05) is 5.32 Å². The van der Waals surface area contributed by atoms with E-state index in [4.69, 9.17) is 17.0 Å². The Labute approximate surface area is 152 Å². The highest BCUT2D eigenvalue weighted by Gasteiger charge is 2.27. The van der Waals surface area contributed by atoms with Gasteiger partial charge in [-0.3, -0.25) is 10.9 Å². The van der Waals surface area contributed by atoms with E-state index < -0.39 is 5.60 Å². The summed E-state index contributed by atoms with van der Waals surface area (Å²) in [5, 5.41) is 13.3. The van der Waals surface area contributed by atoms with Gasteiger partial charge in [0.15, 0.2) is 5.11 Å². The molecule has 0 aromatic heterocycles. The second kappa shape index (κ2) is 6.64. The van der Waals surface area contributed by atoms with Gasteiger partial charge >= 0.3 is 0 Å². The van der Waals surface area contributed by atoms with Crippen LogP contribution in [0.25, 0.3) is 5.70 Å². The summed E-state index contributed by atoms with van der Waals surface area (Å²) in [5.41, 5.74) is 9.27. The lowest BCUT2D eigenvalue weighted by Gasteiger charge is -2.31. The number of hydrogen-bond donors (Lipinski definition) is 4. The molecule has 4 N–H and O–H groups in total. The van der Waals surface area contributed by atoms with E-state index in [2.05, 4.69) is 16.2 Å².